The third-order valence-electron chi connectivity index (χ3n) is 6.52. The summed E-state index contributed by atoms with van der Waals surface area (Å²) < 4.78 is 1.08. The summed E-state index contributed by atoms with van der Waals surface area (Å²) in [5.74, 6) is -0.230. The zero-order valence-corrected chi connectivity index (χ0v) is 20.2. The van der Waals surface area contributed by atoms with E-state index in [1.807, 2.05) is 41.3 Å². The fourth-order valence-electron chi connectivity index (χ4n) is 4.51. The third kappa shape index (κ3) is 5.36. The van der Waals surface area contributed by atoms with Crippen LogP contribution in [0.1, 0.15) is 15.9 Å². The third-order valence-corrected chi connectivity index (χ3v) is 6.52. The van der Waals surface area contributed by atoms with Gasteiger partial charge >= 0.3 is 5.69 Å². The second-order valence-electron chi connectivity index (χ2n) is 9.00. The first-order chi connectivity index (χ1) is 18.0. The van der Waals surface area contributed by atoms with Crippen molar-refractivity contribution in [3.05, 3.63) is 111 Å². The lowest BCUT2D eigenvalue weighted by Gasteiger charge is -2.34. The normalized spacial score (nSPS) is 14.0. The van der Waals surface area contributed by atoms with Crippen LogP contribution in [0.3, 0.4) is 0 Å². The van der Waals surface area contributed by atoms with Crippen LogP contribution in [-0.2, 0) is 11.3 Å². The Kier molecular flexibility index (Phi) is 6.96. The van der Waals surface area contributed by atoms with Crippen molar-refractivity contribution in [1.29, 1.82) is 0 Å². The molecule has 0 aliphatic carbocycles. The van der Waals surface area contributed by atoms with Crippen LogP contribution >= 0.6 is 0 Å². The Morgan fingerprint density at radius 2 is 1.51 bits per heavy atom. The van der Waals surface area contributed by atoms with E-state index < -0.39 is 11.2 Å². The number of benzene rings is 3. The Balaban J connectivity index is 1.22. The smallest absolute Gasteiger partial charge is 0.333 e. The van der Waals surface area contributed by atoms with Crippen LogP contribution in [0.2, 0.25) is 0 Å². The molecule has 0 unspecified atom stereocenters. The number of H-pyrrole nitrogens is 1. The van der Waals surface area contributed by atoms with Crippen molar-refractivity contribution in [3.63, 3.8) is 0 Å². The molecule has 37 heavy (non-hydrogen) atoms. The van der Waals surface area contributed by atoms with Gasteiger partial charge in [0, 0.05) is 38.3 Å². The van der Waals surface area contributed by atoms with Gasteiger partial charge in [-0.3, -0.25) is 19.3 Å². The van der Waals surface area contributed by atoms with E-state index in [1.165, 1.54) is 0 Å². The molecule has 3 aromatic carbocycles. The highest BCUT2D eigenvalue weighted by Crippen LogP contribution is 2.14. The van der Waals surface area contributed by atoms with Crippen LogP contribution < -0.4 is 16.6 Å². The average Bonchev–Trinajstić information content (AvgIpc) is 2.93. The second-order valence-corrected chi connectivity index (χ2v) is 9.00. The molecule has 188 valence electrons. The highest BCUT2D eigenvalue weighted by molar-refractivity contribution is 5.97. The van der Waals surface area contributed by atoms with Gasteiger partial charge in [-0.25, -0.2) is 9.36 Å². The van der Waals surface area contributed by atoms with Gasteiger partial charge in [0.2, 0.25) is 5.91 Å². The van der Waals surface area contributed by atoms with Gasteiger partial charge in [-0.05, 0) is 35.9 Å². The molecular formula is C28H27N5O4. The number of piperazine rings is 1. The molecule has 0 saturated carbocycles. The summed E-state index contributed by atoms with van der Waals surface area (Å²) in [6, 6.07) is 23.2. The second kappa shape index (κ2) is 10.6. The van der Waals surface area contributed by atoms with E-state index in [9.17, 15) is 19.2 Å². The van der Waals surface area contributed by atoms with Gasteiger partial charge in [0.15, 0.2) is 0 Å². The van der Waals surface area contributed by atoms with E-state index in [-0.39, 0.29) is 18.4 Å². The minimum atomic E-state index is -0.563. The highest BCUT2D eigenvalue weighted by atomic mass is 16.2. The first-order valence-electron chi connectivity index (χ1n) is 12.2. The Bertz CT molecular complexity index is 1540. The van der Waals surface area contributed by atoms with Gasteiger partial charge in [0.1, 0.15) is 0 Å². The molecule has 1 aliphatic rings. The molecule has 2 heterocycles. The number of para-hydroxylation sites is 1. The zero-order chi connectivity index (χ0) is 25.8. The average molecular weight is 498 g/mol. The maximum absolute atomic E-state index is 13.1. The zero-order valence-electron chi connectivity index (χ0n) is 20.2. The van der Waals surface area contributed by atoms with Crippen molar-refractivity contribution in [2.24, 2.45) is 0 Å². The Hall–Kier alpha value is -4.50. The molecular weight excluding hydrogens is 470 g/mol. The van der Waals surface area contributed by atoms with Crippen molar-refractivity contribution in [2.75, 3.05) is 32.7 Å². The predicted octanol–water partition coefficient (Wildman–Crippen LogP) is 1.75. The molecule has 0 spiro atoms. The fraction of sp³-hybridized carbons (Fsp3) is 0.214. The number of nitrogens with one attached hydrogen (secondary N) is 2. The molecule has 1 fully saturated rings. The summed E-state index contributed by atoms with van der Waals surface area (Å²) in [7, 11) is 0. The summed E-state index contributed by atoms with van der Waals surface area (Å²) in [6.07, 6.45) is 0. The number of fused-ring (bicyclic) bond motifs is 1. The molecule has 0 atom stereocenters. The minimum Gasteiger partial charge on any atom is -0.351 e. The molecule has 2 N–H and O–H groups in total. The first-order valence-corrected chi connectivity index (χ1v) is 12.2. The van der Waals surface area contributed by atoms with Crippen molar-refractivity contribution in [3.8, 4) is 5.69 Å². The van der Waals surface area contributed by atoms with Gasteiger partial charge in [-0.2, -0.15) is 0 Å². The Morgan fingerprint density at radius 3 is 2.22 bits per heavy atom. The molecule has 1 saturated heterocycles. The predicted molar refractivity (Wildman–Crippen MR) is 141 cm³/mol. The lowest BCUT2D eigenvalue weighted by atomic mass is 10.1. The molecule has 0 radical (unpaired) electrons. The van der Waals surface area contributed by atoms with Crippen molar-refractivity contribution in [1.82, 2.24) is 24.7 Å². The SMILES string of the molecule is O=C(CN1CCN(C(=O)c2ccc3c(=O)n(-c4ccccc4)c(=O)[nH]c3c2)CC1)NCc1ccccc1. The Morgan fingerprint density at radius 1 is 0.838 bits per heavy atom. The Labute approximate surface area is 213 Å². The first kappa shape index (κ1) is 24.2. The van der Waals surface area contributed by atoms with Gasteiger partial charge in [0.05, 0.1) is 23.1 Å². The molecule has 1 aliphatic heterocycles. The number of nitrogens with zero attached hydrogens (tertiary/aromatic N) is 3. The molecule has 2 amide bonds. The number of rotatable bonds is 6. The summed E-state index contributed by atoms with van der Waals surface area (Å²) in [6.45, 7) is 2.88. The number of hydrogen-bond donors (Lipinski definition) is 2. The molecule has 1 aromatic heterocycles. The van der Waals surface area contributed by atoms with Crippen molar-refractivity contribution >= 4 is 22.7 Å². The number of carbonyl (C=O) groups is 2. The maximum Gasteiger partial charge on any atom is 0.333 e. The number of amides is 2. The van der Waals surface area contributed by atoms with Crippen molar-refractivity contribution in [2.45, 2.75) is 6.54 Å². The number of carbonyl (C=O) groups excluding carboxylic acids is 2. The number of aromatic nitrogens is 2. The van der Waals surface area contributed by atoms with E-state index in [1.54, 1.807) is 47.4 Å². The van der Waals surface area contributed by atoms with Gasteiger partial charge in [-0.1, -0.05) is 48.5 Å². The van der Waals surface area contributed by atoms with Crippen LogP contribution in [0.5, 0.6) is 0 Å². The van der Waals surface area contributed by atoms with Gasteiger partial charge in [0.25, 0.3) is 11.5 Å². The van der Waals surface area contributed by atoms with Crippen LogP contribution in [0, 0.1) is 0 Å². The van der Waals surface area contributed by atoms with Gasteiger partial charge < -0.3 is 15.2 Å². The molecule has 9 nitrogen and oxygen atoms in total. The van der Waals surface area contributed by atoms with Gasteiger partial charge in [-0.15, -0.1) is 0 Å². The molecule has 9 heteroatoms. The van der Waals surface area contributed by atoms with E-state index in [0.717, 1.165) is 10.1 Å². The van der Waals surface area contributed by atoms with E-state index >= 15 is 0 Å². The molecule has 5 rings (SSSR count). The highest BCUT2D eigenvalue weighted by Gasteiger charge is 2.24. The lowest BCUT2D eigenvalue weighted by Crippen LogP contribution is -2.51. The summed E-state index contributed by atoms with van der Waals surface area (Å²) in [4.78, 5) is 57.6. The summed E-state index contributed by atoms with van der Waals surface area (Å²) >= 11 is 0. The van der Waals surface area contributed by atoms with Crippen LogP contribution in [0.15, 0.2) is 88.5 Å². The lowest BCUT2D eigenvalue weighted by molar-refractivity contribution is -0.122. The largest absolute Gasteiger partial charge is 0.351 e. The van der Waals surface area contributed by atoms with Crippen LogP contribution in [-0.4, -0.2) is 63.9 Å². The van der Waals surface area contributed by atoms with E-state index in [4.69, 9.17) is 0 Å². The van der Waals surface area contributed by atoms with E-state index in [0.29, 0.717) is 54.9 Å². The maximum atomic E-state index is 13.1. The van der Waals surface area contributed by atoms with Crippen molar-refractivity contribution < 1.29 is 9.59 Å². The minimum absolute atomic E-state index is 0.0525. The van der Waals surface area contributed by atoms with Crippen LogP contribution in [0.25, 0.3) is 16.6 Å². The summed E-state index contributed by atoms with van der Waals surface area (Å²) in [5.41, 5.74) is 1.23. The molecule has 0 bridgehead atoms. The van der Waals surface area contributed by atoms with Crippen LogP contribution in [0.4, 0.5) is 0 Å². The number of hydrogen-bond acceptors (Lipinski definition) is 5. The monoisotopic (exact) mass is 497 g/mol. The fourth-order valence-corrected chi connectivity index (χ4v) is 4.51. The molecule has 4 aromatic rings. The quantitative estimate of drug-likeness (QED) is 0.422. The summed E-state index contributed by atoms with van der Waals surface area (Å²) in [5, 5.41) is 3.25. The number of aromatic amines is 1. The van der Waals surface area contributed by atoms with E-state index in [2.05, 4.69) is 10.3 Å². The topological polar surface area (TPSA) is 108 Å². The standard InChI is InChI=1S/C28H27N5O4/c34-25(29-18-20-7-3-1-4-8-20)19-31-13-15-32(16-14-31)26(35)21-11-12-23-24(17-21)30-28(37)33(27(23)36)22-9-5-2-6-10-22/h1-12,17H,13-16,18-19H2,(H,29,34)(H,30,37).